The number of hydrogen-bond donors (Lipinski definition) is 1. The molecule has 0 aliphatic carbocycles. The summed E-state index contributed by atoms with van der Waals surface area (Å²) in [5.74, 6) is 0.433. The molecule has 2 amide bonds. The minimum atomic E-state index is -0.302. The van der Waals surface area contributed by atoms with Crippen molar-refractivity contribution in [3.8, 4) is 11.5 Å². The van der Waals surface area contributed by atoms with Crippen LogP contribution in [0.3, 0.4) is 0 Å². The average Bonchev–Trinajstić information content (AvgIpc) is 3.06. The van der Waals surface area contributed by atoms with E-state index in [1.807, 2.05) is 24.3 Å². The lowest BCUT2D eigenvalue weighted by Crippen LogP contribution is -2.29. The smallest absolute Gasteiger partial charge is 0.241 e. The van der Waals surface area contributed by atoms with Gasteiger partial charge in [0, 0.05) is 19.3 Å². The van der Waals surface area contributed by atoms with Crippen molar-refractivity contribution in [3.05, 3.63) is 42.0 Å². The van der Waals surface area contributed by atoms with Gasteiger partial charge in [0.25, 0.3) is 0 Å². The third kappa shape index (κ3) is 2.40. The standard InChI is InChI=1S/C18H17N3O4/c1-20-15(22)8-16(23)21(12-4-2-3-11(7-12)9-19)13-5-6-14-18(17(13)20)25-10-24-14/h2-7H,8-10,19H2,1H3. The first-order chi connectivity index (χ1) is 12.1. The van der Waals surface area contributed by atoms with E-state index < -0.39 is 0 Å². The fourth-order valence-corrected chi connectivity index (χ4v) is 3.14. The Morgan fingerprint density at radius 2 is 1.96 bits per heavy atom. The Morgan fingerprint density at radius 1 is 1.12 bits per heavy atom. The molecular formula is C18H17N3O4. The van der Waals surface area contributed by atoms with Crippen LogP contribution in [0.1, 0.15) is 12.0 Å². The topological polar surface area (TPSA) is 85.1 Å². The molecule has 2 aliphatic heterocycles. The number of rotatable bonds is 2. The fourth-order valence-electron chi connectivity index (χ4n) is 3.14. The first-order valence-electron chi connectivity index (χ1n) is 7.91. The SMILES string of the molecule is CN1C(=O)CC(=O)N(c2cccc(CN)c2)c2ccc3c(c21)OCO3. The van der Waals surface area contributed by atoms with Crippen LogP contribution in [-0.2, 0) is 16.1 Å². The molecule has 0 radical (unpaired) electrons. The lowest BCUT2D eigenvalue weighted by Gasteiger charge is -2.25. The van der Waals surface area contributed by atoms with Gasteiger partial charge in [0.15, 0.2) is 11.5 Å². The third-order valence-electron chi connectivity index (χ3n) is 4.40. The maximum atomic E-state index is 12.8. The van der Waals surface area contributed by atoms with Gasteiger partial charge in [-0.3, -0.25) is 14.5 Å². The summed E-state index contributed by atoms with van der Waals surface area (Å²) in [6.07, 6.45) is -0.229. The number of ether oxygens (including phenoxy) is 2. The number of carbonyl (C=O) groups is 2. The van der Waals surface area contributed by atoms with Crippen LogP contribution in [0.2, 0.25) is 0 Å². The summed E-state index contributed by atoms with van der Waals surface area (Å²) >= 11 is 0. The van der Waals surface area contributed by atoms with Gasteiger partial charge in [-0.1, -0.05) is 12.1 Å². The summed E-state index contributed by atoms with van der Waals surface area (Å²) in [5.41, 5.74) is 8.40. The summed E-state index contributed by atoms with van der Waals surface area (Å²) in [7, 11) is 1.64. The summed E-state index contributed by atoms with van der Waals surface area (Å²) in [4.78, 5) is 28.2. The highest BCUT2D eigenvalue weighted by molar-refractivity contribution is 6.19. The van der Waals surface area contributed by atoms with E-state index in [2.05, 4.69) is 0 Å². The Labute approximate surface area is 144 Å². The van der Waals surface area contributed by atoms with Crippen LogP contribution in [0.4, 0.5) is 17.1 Å². The number of carbonyl (C=O) groups excluding carboxylic acids is 2. The second-order valence-electron chi connectivity index (χ2n) is 5.90. The predicted molar refractivity (Wildman–Crippen MR) is 92.1 cm³/mol. The Bertz CT molecular complexity index is 881. The number of anilines is 3. The molecule has 25 heavy (non-hydrogen) atoms. The van der Waals surface area contributed by atoms with Crippen molar-refractivity contribution in [3.63, 3.8) is 0 Å². The second kappa shape index (κ2) is 5.78. The zero-order chi connectivity index (χ0) is 17.6. The average molecular weight is 339 g/mol. The zero-order valence-electron chi connectivity index (χ0n) is 13.7. The van der Waals surface area contributed by atoms with Gasteiger partial charge in [-0.2, -0.15) is 0 Å². The van der Waals surface area contributed by atoms with Crippen molar-refractivity contribution in [2.45, 2.75) is 13.0 Å². The Hall–Kier alpha value is -3.06. The molecule has 0 saturated carbocycles. The van der Waals surface area contributed by atoms with Crippen molar-refractivity contribution in [1.29, 1.82) is 0 Å². The zero-order valence-corrected chi connectivity index (χ0v) is 13.7. The van der Waals surface area contributed by atoms with E-state index in [0.717, 1.165) is 5.56 Å². The largest absolute Gasteiger partial charge is 0.454 e. The number of benzene rings is 2. The first-order valence-corrected chi connectivity index (χ1v) is 7.91. The number of amides is 2. The van der Waals surface area contributed by atoms with E-state index >= 15 is 0 Å². The van der Waals surface area contributed by atoms with Gasteiger partial charge in [-0.05, 0) is 29.8 Å². The van der Waals surface area contributed by atoms with Gasteiger partial charge in [-0.25, -0.2) is 0 Å². The molecule has 2 aliphatic rings. The van der Waals surface area contributed by atoms with Crippen molar-refractivity contribution >= 4 is 28.9 Å². The molecule has 0 spiro atoms. The molecule has 2 aromatic rings. The second-order valence-corrected chi connectivity index (χ2v) is 5.90. The summed E-state index contributed by atoms with van der Waals surface area (Å²) in [5, 5.41) is 0. The van der Waals surface area contributed by atoms with E-state index in [4.69, 9.17) is 15.2 Å². The molecule has 0 aromatic heterocycles. The van der Waals surface area contributed by atoms with Crippen LogP contribution in [0.25, 0.3) is 0 Å². The van der Waals surface area contributed by atoms with Crippen LogP contribution < -0.4 is 25.0 Å². The first kappa shape index (κ1) is 15.5. The van der Waals surface area contributed by atoms with Gasteiger partial charge in [0.05, 0.1) is 5.69 Å². The molecular weight excluding hydrogens is 322 g/mol. The molecule has 7 heteroatoms. The third-order valence-corrected chi connectivity index (χ3v) is 4.40. The van der Waals surface area contributed by atoms with Crippen LogP contribution >= 0.6 is 0 Å². The van der Waals surface area contributed by atoms with Crippen LogP contribution in [-0.4, -0.2) is 25.7 Å². The number of nitrogens with two attached hydrogens (primary N) is 1. The predicted octanol–water partition coefficient (Wildman–Crippen LogP) is 1.91. The molecule has 2 heterocycles. The van der Waals surface area contributed by atoms with Gasteiger partial charge < -0.3 is 20.1 Å². The molecule has 0 unspecified atom stereocenters. The summed E-state index contributed by atoms with van der Waals surface area (Å²) in [6, 6.07) is 10.9. The molecule has 2 N–H and O–H groups in total. The Balaban J connectivity index is 1.95. The number of hydrogen-bond acceptors (Lipinski definition) is 5. The lowest BCUT2D eigenvalue weighted by molar-refractivity contribution is -0.125. The van der Waals surface area contributed by atoms with Gasteiger partial charge in [-0.15, -0.1) is 0 Å². The van der Waals surface area contributed by atoms with E-state index in [1.165, 1.54) is 9.80 Å². The quantitative estimate of drug-likeness (QED) is 0.845. The highest BCUT2D eigenvalue weighted by Gasteiger charge is 2.35. The van der Waals surface area contributed by atoms with Crippen molar-refractivity contribution < 1.29 is 19.1 Å². The van der Waals surface area contributed by atoms with E-state index in [1.54, 1.807) is 19.2 Å². The van der Waals surface area contributed by atoms with Crippen LogP contribution in [0, 0.1) is 0 Å². The molecule has 7 nitrogen and oxygen atoms in total. The lowest BCUT2D eigenvalue weighted by atomic mass is 10.1. The summed E-state index contributed by atoms with van der Waals surface area (Å²) < 4.78 is 11.0. The highest BCUT2D eigenvalue weighted by Crippen LogP contribution is 2.49. The maximum Gasteiger partial charge on any atom is 0.241 e. The maximum absolute atomic E-state index is 12.8. The minimum Gasteiger partial charge on any atom is -0.454 e. The molecule has 0 fully saturated rings. The molecule has 4 rings (SSSR count). The van der Waals surface area contributed by atoms with E-state index in [-0.39, 0.29) is 25.0 Å². The Morgan fingerprint density at radius 3 is 2.76 bits per heavy atom. The van der Waals surface area contributed by atoms with Crippen molar-refractivity contribution in [2.24, 2.45) is 5.73 Å². The highest BCUT2D eigenvalue weighted by atomic mass is 16.7. The van der Waals surface area contributed by atoms with E-state index in [9.17, 15) is 9.59 Å². The molecule has 2 aromatic carbocycles. The van der Waals surface area contributed by atoms with Gasteiger partial charge >= 0.3 is 0 Å². The number of fused-ring (bicyclic) bond motifs is 3. The monoisotopic (exact) mass is 339 g/mol. The van der Waals surface area contributed by atoms with Gasteiger partial charge in [0.1, 0.15) is 12.1 Å². The summed E-state index contributed by atoms with van der Waals surface area (Å²) in [6.45, 7) is 0.452. The van der Waals surface area contributed by atoms with Crippen molar-refractivity contribution in [1.82, 2.24) is 0 Å². The number of nitrogens with zero attached hydrogens (tertiary/aromatic N) is 2. The van der Waals surface area contributed by atoms with E-state index in [0.29, 0.717) is 35.1 Å². The normalized spacial score (nSPS) is 16.1. The Kier molecular flexibility index (Phi) is 3.58. The fraction of sp³-hybridized carbons (Fsp3) is 0.222. The molecule has 0 saturated heterocycles. The van der Waals surface area contributed by atoms with Crippen LogP contribution in [0.15, 0.2) is 36.4 Å². The molecule has 0 bridgehead atoms. The van der Waals surface area contributed by atoms with Gasteiger partial charge in [0.2, 0.25) is 18.6 Å². The van der Waals surface area contributed by atoms with Crippen LogP contribution in [0.5, 0.6) is 11.5 Å². The molecule has 0 atom stereocenters. The molecule has 128 valence electrons. The minimum absolute atomic E-state index is 0.0877. The van der Waals surface area contributed by atoms with Crippen molar-refractivity contribution in [2.75, 3.05) is 23.6 Å².